The minimum Gasteiger partial charge on any atom is -0.481 e. The Morgan fingerprint density at radius 2 is 2.11 bits per heavy atom. The van der Waals surface area contributed by atoms with Crippen molar-refractivity contribution in [3.8, 4) is 0 Å². The molecule has 0 fully saturated rings. The van der Waals surface area contributed by atoms with E-state index in [4.69, 9.17) is 14.3 Å². The van der Waals surface area contributed by atoms with Crippen LogP contribution in [0.4, 0.5) is 0 Å². The molecule has 0 unspecified atom stereocenters. The Morgan fingerprint density at radius 3 is 2.61 bits per heavy atom. The molecule has 1 rings (SSSR count). The largest absolute Gasteiger partial charge is 0.481 e. The van der Waals surface area contributed by atoms with Crippen molar-refractivity contribution in [2.45, 2.75) is 26.7 Å². The molecule has 0 atom stereocenters. The van der Waals surface area contributed by atoms with Crippen LogP contribution in [0, 0.1) is 0 Å². The van der Waals surface area contributed by atoms with Crippen LogP contribution in [0.2, 0.25) is 0 Å². The van der Waals surface area contributed by atoms with Crippen LogP contribution in [0.15, 0.2) is 22.1 Å². The zero-order chi connectivity index (χ0) is 13.5. The van der Waals surface area contributed by atoms with E-state index >= 15 is 0 Å². The molecule has 5 nitrogen and oxygen atoms in total. The molecule has 0 aliphatic carbocycles. The van der Waals surface area contributed by atoms with Gasteiger partial charge in [-0.2, -0.15) is 0 Å². The van der Waals surface area contributed by atoms with Crippen molar-refractivity contribution in [1.82, 2.24) is 0 Å². The first-order valence-electron chi connectivity index (χ1n) is 5.75. The van der Waals surface area contributed by atoms with Gasteiger partial charge in [0.1, 0.15) is 11.5 Å². The van der Waals surface area contributed by atoms with Gasteiger partial charge in [0.15, 0.2) is 0 Å². The monoisotopic (exact) mass is 252 g/mol. The first kappa shape index (κ1) is 14.0. The summed E-state index contributed by atoms with van der Waals surface area (Å²) in [5.41, 5.74) is 0.0707. The second-order valence-electron chi connectivity index (χ2n) is 3.62. The van der Waals surface area contributed by atoms with Gasteiger partial charge < -0.3 is 14.3 Å². The van der Waals surface area contributed by atoms with E-state index in [9.17, 15) is 9.59 Å². The molecule has 1 aromatic heterocycles. The molecule has 0 saturated carbocycles. The molecule has 0 bridgehead atoms. The lowest BCUT2D eigenvalue weighted by atomic mass is 10.1. The summed E-state index contributed by atoms with van der Waals surface area (Å²) < 4.78 is 10.2. The summed E-state index contributed by atoms with van der Waals surface area (Å²) in [5, 5.41) is 8.75. The van der Waals surface area contributed by atoms with Crippen molar-refractivity contribution >= 4 is 18.0 Å². The first-order chi connectivity index (χ1) is 8.56. The fraction of sp³-hybridized carbons (Fsp3) is 0.385. The molecule has 0 aliphatic rings. The van der Waals surface area contributed by atoms with Crippen molar-refractivity contribution < 1.29 is 23.8 Å². The van der Waals surface area contributed by atoms with Crippen molar-refractivity contribution in [3.05, 3.63) is 29.2 Å². The average Bonchev–Trinajstić information content (AvgIpc) is 2.75. The van der Waals surface area contributed by atoms with Crippen molar-refractivity contribution in [1.29, 1.82) is 0 Å². The minimum absolute atomic E-state index is 0.0707. The molecule has 5 heteroatoms. The Kier molecular flexibility index (Phi) is 5.17. The number of hydrogen-bond donors (Lipinski definition) is 1. The maximum atomic E-state index is 11.6. The molecule has 1 heterocycles. The number of esters is 1. The lowest BCUT2D eigenvalue weighted by Crippen LogP contribution is -2.11. The number of carbonyl (C=O) groups excluding carboxylic acids is 1. The van der Waals surface area contributed by atoms with Crippen LogP contribution >= 0.6 is 0 Å². The van der Waals surface area contributed by atoms with E-state index in [1.807, 2.05) is 6.92 Å². The third-order valence-electron chi connectivity index (χ3n) is 2.23. The maximum Gasteiger partial charge on any atom is 0.334 e. The number of hydrogen-bond acceptors (Lipinski definition) is 4. The van der Waals surface area contributed by atoms with Gasteiger partial charge in [-0.3, -0.25) is 4.79 Å². The number of ether oxygens (including phenoxy) is 1. The van der Waals surface area contributed by atoms with E-state index in [0.29, 0.717) is 5.76 Å². The Balaban J connectivity index is 2.93. The van der Waals surface area contributed by atoms with Gasteiger partial charge in [-0.05, 0) is 25.1 Å². The highest BCUT2D eigenvalue weighted by atomic mass is 16.5. The lowest BCUT2D eigenvalue weighted by Gasteiger charge is -2.03. The van der Waals surface area contributed by atoms with Gasteiger partial charge in [0, 0.05) is 6.42 Å². The number of aryl methyl sites for hydroxylation is 1. The number of carbonyl (C=O) groups is 2. The fourth-order valence-corrected chi connectivity index (χ4v) is 1.40. The summed E-state index contributed by atoms with van der Waals surface area (Å²) in [5.74, 6) is -0.484. The zero-order valence-corrected chi connectivity index (χ0v) is 10.4. The van der Waals surface area contributed by atoms with Crippen LogP contribution in [-0.4, -0.2) is 23.7 Å². The van der Waals surface area contributed by atoms with Gasteiger partial charge in [0.2, 0.25) is 0 Å². The average molecular weight is 252 g/mol. The highest BCUT2D eigenvalue weighted by molar-refractivity contribution is 5.97. The SMILES string of the molecule is CCOC(=O)C(=Cc1ccc(CC)o1)CC(=O)O. The second-order valence-corrected chi connectivity index (χ2v) is 3.62. The molecule has 0 aliphatic heterocycles. The van der Waals surface area contributed by atoms with Crippen molar-refractivity contribution in [2.75, 3.05) is 6.61 Å². The van der Waals surface area contributed by atoms with Gasteiger partial charge in [-0.1, -0.05) is 6.92 Å². The third kappa shape index (κ3) is 4.08. The second kappa shape index (κ2) is 6.64. The van der Waals surface area contributed by atoms with Crippen LogP contribution in [0.3, 0.4) is 0 Å². The highest BCUT2D eigenvalue weighted by Crippen LogP contribution is 2.15. The Labute approximate surface area is 105 Å². The predicted octanol–water partition coefficient (Wildman–Crippen LogP) is 2.26. The summed E-state index contributed by atoms with van der Waals surface area (Å²) in [6.07, 6.45) is 1.76. The predicted molar refractivity (Wildman–Crippen MR) is 64.9 cm³/mol. The Hall–Kier alpha value is -2.04. The quantitative estimate of drug-likeness (QED) is 0.620. The third-order valence-corrected chi connectivity index (χ3v) is 2.23. The number of furan rings is 1. The molecule has 0 aromatic carbocycles. The zero-order valence-electron chi connectivity index (χ0n) is 10.4. The molecular weight excluding hydrogens is 236 g/mol. The number of carboxylic acids is 1. The van der Waals surface area contributed by atoms with Crippen LogP contribution in [0.25, 0.3) is 6.08 Å². The van der Waals surface area contributed by atoms with Gasteiger partial charge in [0.25, 0.3) is 0 Å². The summed E-state index contributed by atoms with van der Waals surface area (Å²) >= 11 is 0. The Bertz CT molecular complexity index is 456. The van der Waals surface area contributed by atoms with Crippen LogP contribution in [0.5, 0.6) is 0 Å². The van der Waals surface area contributed by atoms with E-state index in [1.54, 1.807) is 19.1 Å². The van der Waals surface area contributed by atoms with Crippen molar-refractivity contribution in [3.63, 3.8) is 0 Å². The topological polar surface area (TPSA) is 76.7 Å². The number of rotatable bonds is 6. The molecule has 0 amide bonds. The standard InChI is InChI=1S/C13H16O5/c1-3-10-5-6-11(18-10)7-9(8-12(14)15)13(16)17-4-2/h5-7H,3-4,8H2,1-2H3,(H,14,15). The highest BCUT2D eigenvalue weighted by Gasteiger charge is 2.15. The number of aliphatic carboxylic acids is 1. The molecule has 0 spiro atoms. The van der Waals surface area contributed by atoms with E-state index in [-0.39, 0.29) is 18.6 Å². The van der Waals surface area contributed by atoms with Gasteiger partial charge >= 0.3 is 11.9 Å². The normalized spacial score (nSPS) is 11.3. The molecule has 98 valence electrons. The van der Waals surface area contributed by atoms with Crippen LogP contribution < -0.4 is 0 Å². The number of carboxylic acid groups (broad SMARTS) is 1. The molecule has 1 aromatic rings. The van der Waals surface area contributed by atoms with E-state index in [1.165, 1.54) is 6.08 Å². The lowest BCUT2D eigenvalue weighted by molar-refractivity contribution is -0.142. The summed E-state index contributed by atoms with van der Waals surface area (Å²) in [7, 11) is 0. The van der Waals surface area contributed by atoms with Gasteiger partial charge in [-0.15, -0.1) is 0 Å². The van der Waals surface area contributed by atoms with E-state index in [2.05, 4.69) is 0 Å². The molecular formula is C13H16O5. The van der Waals surface area contributed by atoms with E-state index < -0.39 is 11.9 Å². The van der Waals surface area contributed by atoms with Crippen LogP contribution in [-0.2, 0) is 20.7 Å². The van der Waals surface area contributed by atoms with Crippen molar-refractivity contribution in [2.24, 2.45) is 0 Å². The van der Waals surface area contributed by atoms with Gasteiger partial charge in [-0.25, -0.2) is 4.79 Å². The molecule has 0 radical (unpaired) electrons. The minimum atomic E-state index is -1.09. The maximum absolute atomic E-state index is 11.6. The Morgan fingerprint density at radius 1 is 1.39 bits per heavy atom. The first-order valence-corrected chi connectivity index (χ1v) is 5.75. The summed E-state index contributed by atoms with van der Waals surface area (Å²) in [6.45, 7) is 3.81. The summed E-state index contributed by atoms with van der Waals surface area (Å²) in [4.78, 5) is 22.3. The molecule has 18 heavy (non-hydrogen) atoms. The van der Waals surface area contributed by atoms with E-state index in [0.717, 1.165) is 12.2 Å². The molecule has 0 saturated heterocycles. The van der Waals surface area contributed by atoms with Crippen LogP contribution in [0.1, 0.15) is 31.8 Å². The fourth-order valence-electron chi connectivity index (χ4n) is 1.40. The smallest absolute Gasteiger partial charge is 0.334 e. The van der Waals surface area contributed by atoms with Gasteiger partial charge in [0.05, 0.1) is 18.6 Å². The molecule has 1 N–H and O–H groups in total. The summed E-state index contributed by atoms with van der Waals surface area (Å²) in [6, 6.07) is 3.48.